The Balaban J connectivity index is 0.00000210. The Morgan fingerprint density at radius 3 is 2.56 bits per heavy atom. The molecule has 3 atom stereocenters. The fourth-order valence-electron chi connectivity index (χ4n) is 4.62. The first-order valence-corrected chi connectivity index (χ1v) is 9.69. The minimum atomic E-state index is -0.240. The molecule has 5 nitrogen and oxygen atoms in total. The van der Waals surface area contributed by atoms with Crippen LogP contribution >= 0.6 is 12.4 Å². The van der Waals surface area contributed by atoms with Gasteiger partial charge in [-0.2, -0.15) is 0 Å². The number of carbonyl (C=O) groups is 1. The van der Waals surface area contributed by atoms with E-state index in [4.69, 9.17) is 10.2 Å². The van der Waals surface area contributed by atoms with E-state index >= 15 is 0 Å². The van der Waals surface area contributed by atoms with E-state index in [0.717, 1.165) is 37.0 Å². The van der Waals surface area contributed by atoms with Gasteiger partial charge in [-0.15, -0.1) is 12.4 Å². The molecule has 1 aromatic heterocycles. The number of nitrogens with one attached hydrogen (secondary N) is 1. The van der Waals surface area contributed by atoms with Gasteiger partial charge < -0.3 is 15.5 Å². The van der Waals surface area contributed by atoms with E-state index in [1.807, 2.05) is 37.3 Å². The lowest BCUT2D eigenvalue weighted by Gasteiger charge is -2.43. The number of aromatic nitrogens is 1. The molecule has 3 N–H and O–H groups in total. The van der Waals surface area contributed by atoms with Gasteiger partial charge in [0.15, 0.2) is 5.76 Å². The van der Waals surface area contributed by atoms with Crippen LogP contribution in [-0.4, -0.2) is 16.9 Å². The molecule has 1 amide bonds. The van der Waals surface area contributed by atoms with E-state index in [1.165, 1.54) is 6.42 Å². The summed E-state index contributed by atoms with van der Waals surface area (Å²) in [5.74, 6) is 2.45. The maximum absolute atomic E-state index is 12.8. The van der Waals surface area contributed by atoms with Crippen LogP contribution in [0, 0.1) is 17.8 Å². The van der Waals surface area contributed by atoms with Crippen molar-refractivity contribution in [3.8, 4) is 11.3 Å². The van der Waals surface area contributed by atoms with Crippen molar-refractivity contribution in [3.63, 3.8) is 0 Å². The normalized spacial score (nSPS) is 28.1. The maximum atomic E-state index is 12.8. The quantitative estimate of drug-likeness (QED) is 0.824. The Morgan fingerprint density at radius 1 is 1.22 bits per heavy atom. The lowest BCUT2D eigenvalue weighted by atomic mass is 9.65. The molecule has 2 bridgehead atoms. The highest BCUT2D eigenvalue weighted by Crippen LogP contribution is 2.42. The summed E-state index contributed by atoms with van der Waals surface area (Å²) in [7, 11) is 0. The second-order valence-corrected chi connectivity index (χ2v) is 7.86. The molecule has 1 heterocycles. The number of hydrogen-bond donors (Lipinski definition) is 2. The van der Waals surface area contributed by atoms with Crippen LogP contribution in [0.2, 0.25) is 0 Å². The monoisotopic (exact) mass is 389 g/mol. The summed E-state index contributed by atoms with van der Waals surface area (Å²) in [6.07, 6.45) is 7.13. The molecule has 6 heteroatoms. The number of hydrogen-bond acceptors (Lipinski definition) is 4. The van der Waals surface area contributed by atoms with Crippen molar-refractivity contribution in [3.05, 3.63) is 42.4 Å². The first-order valence-electron chi connectivity index (χ1n) is 9.69. The van der Waals surface area contributed by atoms with Crippen LogP contribution in [0.4, 0.5) is 0 Å². The fraction of sp³-hybridized carbons (Fsp3) is 0.524. The van der Waals surface area contributed by atoms with Gasteiger partial charge in [0.2, 0.25) is 11.8 Å². The van der Waals surface area contributed by atoms with E-state index < -0.39 is 0 Å². The van der Waals surface area contributed by atoms with Crippen molar-refractivity contribution in [2.24, 2.45) is 23.5 Å². The highest BCUT2D eigenvalue weighted by atomic mass is 35.5. The zero-order chi connectivity index (χ0) is 18.1. The van der Waals surface area contributed by atoms with Crippen LogP contribution in [0.15, 0.2) is 40.9 Å². The summed E-state index contributed by atoms with van der Waals surface area (Å²) in [6.45, 7) is 1.92. The first kappa shape index (κ1) is 19.9. The van der Waals surface area contributed by atoms with E-state index in [0.29, 0.717) is 17.7 Å². The lowest BCUT2D eigenvalue weighted by molar-refractivity contribution is -0.128. The predicted octanol–water partition coefficient (Wildman–Crippen LogP) is 4.09. The van der Waals surface area contributed by atoms with E-state index in [1.54, 1.807) is 6.20 Å². The van der Waals surface area contributed by atoms with E-state index in [9.17, 15) is 4.79 Å². The van der Waals surface area contributed by atoms with Crippen molar-refractivity contribution in [1.82, 2.24) is 10.3 Å². The molecule has 0 spiro atoms. The standard InChI is InChI=1S/C21H27N3O2.ClH/c1-13(21-23-12-18(26-21)14-6-3-2-4-7-14)24-20(25)17-10-15-8-5-9-16(11-17)19(15)22;/h2-4,6-7,12-13,15-17,19H,5,8-11,22H2,1H3,(H,24,25);1H. The van der Waals surface area contributed by atoms with Crippen LogP contribution in [0.3, 0.4) is 0 Å². The van der Waals surface area contributed by atoms with Gasteiger partial charge in [-0.3, -0.25) is 4.79 Å². The third-order valence-electron chi connectivity index (χ3n) is 6.09. The molecule has 0 radical (unpaired) electrons. The molecular weight excluding hydrogens is 362 g/mol. The minimum Gasteiger partial charge on any atom is -0.438 e. The number of benzene rings is 1. The molecule has 146 valence electrons. The van der Waals surface area contributed by atoms with Gasteiger partial charge in [0, 0.05) is 17.5 Å². The van der Waals surface area contributed by atoms with Crippen molar-refractivity contribution in [1.29, 1.82) is 0 Å². The summed E-state index contributed by atoms with van der Waals surface area (Å²) in [5.41, 5.74) is 7.33. The minimum absolute atomic E-state index is 0. The largest absolute Gasteiger partial charge is 0.438 e. The summed E-state index contributed by atoms with van der Waals surface area (Å²) in [6, 6.07) is 9.91. The van der Waals surface area contributed by atoms with Crippen molar-refractivity contribution < 1.29 is 9.21 Å². The van der Waals surface area contributed by atoms with Gasteiger partial charge in [0.25, 0.3) is 0 Å². The molecular formula is C21H28ClN3O2. The van der Waals surface area contributed by atoms with Crippen molar-refractivity contribution in [2.75, 3.05) is 0 Å². The molecule has 0 aliphatic heterocycles. The Kier molecular flexibility index (Phi) is 6.22. The number of fused-ring (bicyclic) bond motifs is 2. The maximum Gasteiger partial charge on any atom is 0.223 e. The number of halogens is 1. The number of carbonyl (C=O) groups excluding carboxylic acids is 1. The van der Waals surface area contributed by atoms with Crippen LogP contribution in [0.1, 0.15) is 51.0 Å². The Labute approximate surface area is 166 Å². The summed E-state index contributed by atoms with van der Waals surface area (Å²) >= 11 is 0. The SMILES string of the molecule is CC(NC(=O)C1CC2CCCC(C1)C2N)c1ncc(-c2ccccc2)o1.Cl. The third kappa shape index (κ3) is 4.19. The van der Waals surface area contributed by atoms with Gasteiger partial charge in [0.1, 0.15) is 6.04 Å². The van der Waals surface area contributed by atoms with Crippen LogP contribution in [0.5, 0.6) is 0 Å². The van der Waals surface area contributed by atoms with Crippen LogP contribution in [0.25, 0.3) is 11.3 Å². The molecule has 4 rings (SSSR count). The molecule has 27 heavy (non-hydrogen) atoms. The number of oxazole rings is 1. The smallest absolute Gasteiger partial charge is 0.223 e. The molecule has 1 aromatic carbocycles. The average Bonchev–Trinajstić information content (AvgIpc) is 3.12. The van der Waals surface area contributed by atoms with Gasteiger partial charge in [0.05, 0.1) is 6.20 Å². The van der Waals surface area contributed by atoms with Gasteiger partial charge in [-0.1, -0.05) is 36.8 Å². The second-order valence-electron chi connectivity index (χ2n) is 7.86. The molecule has 2 aliphatic rings. The second kappa shape index (κ2) is 8.44. The Morgan fingerprint density at radius 2 is 1.89 bits per heavy atom. The van der Waals surface area contributed by atoms with E-state index in [2.05, 4.69) is 10.3 Å². The Hall–Kier alpha value is -1.85. The molecule has 2 saturated carbocycles. The molecule has 2 fully saturated rings. The lowest BCUT2D eigenvalue weighted by Crippen LogP contribution is -2.49. The summed E-state index contributed by atoms with van der Waals surface area (Å²) in [5, 5.41) is 3.10. The summed E-state index contributed by atoms with van der Waals surface area (Å²) < 4.78 is 5.87. The molecule has 2 aliphatic carbocycles. The number of nitrogens with zero attached hydrogens (tertiary/aromatic N) is 1. The van der Waals surface area contributed by atoms with Crippen LogP contribution < -0.4 is 11.1 Å². The first-order chi connectivity index (χ1) is 12.6. The van der Waals surface area contributed by atoms with Crippen LogP contribution in [-0.2, 0) is 4.79 Å². The van der Waals surface area contributed by atoms with Gasteiger partial charge >= 0.3 is 0 Å². The van der Waals surface area contributed by atoms with E-state index in [-0.39, 0.29) is 36.3 Å². The van der Waals surface area contributed by atoms with Crippen molar-refractivity contribution >= 4 is 18.3 Å². The number of rotatable bonds is 4. The molecule has 3 unspecified atom stereocenters. The highest BCUT2D eigenvalue weighted by molar-refractivity contribution is 5.85. The average molecular weight is 390 g/mol. The van der Waals surface area contributed by atoms with Gasteiger partial charge in [-0.25, -0.2) is 4.98 Å². The zero-order valence-corrected chi connectivity index (χ0v) is 16.5. The highest BCUT2D eigenvalue weighted by Gasteiger charge is 2.40. The number of amides is 1. The number of nitrogens with two attached hydrogens (primary N) is 1. The van der Waals surface area contributed by atoms with Crippen molar-refractivity contribution in [2.45, 2.75) is 51.1 Å². The summed E-state index contributed by atoms with van der Waals surface area (Å²) in [4.78, 5) is 17.1. The zero-order valence-electron chi connectivity index (χ0n) is 15.6. The molecule has 0 saturated heterocycles. The Bertz CT molecular complexity index is 750. The fourth-order valence-corrected chi connectivity index (χ4v) is 4.62. The predicted molar refractivity (Wildman–Crippen MR) is 107 cm³/mol. The molecule has 2 aromatic rings. The van der Waals surface area contributed by atoms with Gasteiger partial charge in [-0.05, 0) is 44.4 Å². The topological polar surface area (TPSA) is 81.2 Å². The third-order valence-corrected chi connectivity index (χ3v) is 6.09.